The highest BCUT2D eigenvalue weighted by molar-refractivity contribution is 7.87. The zero-order chi connectivity index (χ0) is 11.3. The molecule has 15 heavy (non-hydrogen) atoms. The van der Waals surface area contributed by atoms with Crippen molar-refractivity contribution in [3.8, 4) is 0 Å². The molecule has 6 heteroatoms. The van der Waals surface area contributed by atoms with Crippen molar-refractivity contribution in [2.24, 2.45) is 0 Å². The van der Waals surface area contributed by atoms with Crippen molar-refractivity contribution in [2.45, 2.75) is 32.2 Å². The van der Waals surface area contributed by atoms with Gasteiger partial charge < -0.3 is 5.32 Å². The summed E-state index contributed by atoms with van der Waals surface area (Å²) < 4.78 is 27.7. The number of rotatable bonds is 5. The molecular formula is C9H21N3O2S. The van der Waals surface area contributed by atoms with Crippen molar-refractivity contribution in [2.75, 3.05) is 26.7 Å². The third-order valence-electron chi connectivity index (χ3n) is 2.67. The molecule has 1 saturated heterocycles. The average Bonchev–Trinajstić information content (AvgIpc) is 2.26. The van der Waals surface area contributed by atoms with E-state index in [0.29, 0.717) is 19.6 Å². The molecule has 2 N–H and O–H groups in total. The van der Waals surface area contributed by atoms with Gasteiger partial charge in [-0.2, -0.15) is 12.7 Å². The van der Waals surface area contributed by atoms with E-state index in [1.54, 1.807) is 0 Å². The molecule has 90 valence electrons. The van der Waals surface area contributed by atoms with E-state index in [4.69, 9.17) is 0 Å². The molecule has 0 aromatic rings. The Hall–Kier alpha value is -0.170. The van der Waals surface area contributed by atoms with Gasteiger partial charge in [0, 0.05) is 25.7 Å². The standard InChI is InChI=1S/C9H21N3O2S/c1-3-6-11-15(13,14)12-7-4-5-9(8-12)10-2/h9-11H,3-8H2,1-2H3. The van der Waals surface area contributed by atoms with E-state index in [2.05, 4.69) is 10.0 Å². The largest absolute Gasteiger partial charge is 0.316 e. The van der Waals surface area contributed by atoms with Crippen molar-refractivity contribution < 1.29 is 8.42 Å². The summed E-state index contributed by atoms with van der Waals surface area (Å²) in [6, 6.07) is 0.289. The van der Waals surface area contributed by atoms with Crippen LogP contribution in [0.5, 0.6) is 0 Å². The van der Waals surface area contributed by atoms with Crippen molar-refractivity contribution in [3.63, 3.8) is 0 Å². The lowest BCUT2D eigenvalue weighted by molar-refractivity contribution is 0.290. The molecule has 5 nitrogen and oxygen atoms in total. The number of likely N-dealkylation sites (N-methyl/N-ethyl adjacent to an activating group) is 1. The van der Waals surface area contributed by atoms with Gasteiger partial charge in [0.05, 0.1) is 0 Å². The van der Waals surface area contributed by atoms with E-state index in [1.807, 2.05) is 14.0 Å². The Balaban J connectivity index is 2.54. The number of nitrogens with zero attached hydrogens (tertiary/aromatic N) is 1. The third kappa shape index (κ3) is 3.71. The molecule has 1 atom stereocenters. The molecule has 0 aromatic carbocycles. The number of hydrogen-bond acceptors (Lipinski definition) is 3. The first kappa shape index (κ1) is 12.9. The molecule has 1 aliphatic heterocycles. The monoisotopic (exact) mass is 235 g/mol. The fourth-order valence-electron chi connectivity index (χ4n) is 1.72. The van der Waals surface area contributed by atoms with Crippen LogP contribution in [0, 0.1) is 0 Å². The lowest BCUT2D eigenvalue weighted by atomic mass is 10.1. The van der Waals surface area contributed by atoms with Gasteiger partial charge >= 0.3 is 0 Å². The first-order chi connectivity index (χ1) is 7.10. The van der Waals surface area contributed by atoms with Gasteiger partial charge in [0.25, 0.3) is 10.2 Å². The summed E-state index contributed by atoms with van der Waals surface area (Å²) in [7, 11) is -1.37. The number of nitrogens with one attached hydrogen (secondary N) is 2. The maximum Gasteiger partial charge on any atom is 0.279 e. The molecule has 1 fully saturated rings. The van der Waals surface area contributed by atoms with Crippen LogP contribution in [0.15, 0.2) is 0 Å². The van der Waals surface area contributed by atoms with Crippen LogP contribution in [0.4, 0.5) is 0 Å². The SMILES string of the molecule is CCCNS(=O)(=O)N1CCCC(NC)C1. The molecule has 0 aliphatic carbocycles. The van der Waals surface area contributed by atoms with Gasteiger partial charge in [0.2, 0.25) is 0 Å². The molecule has 1 aliphatic rings. The van der Waals surface area contributed by atoms with Crippen LogP contribution in [0.1, 0.15) is 26.2 Å². The van der Waals surface area contributed by atoms with E-state index in [9.17, 15) is 8.42 Å². The van der Waals surface area contributed by atoms with E-state index < -0.39 is 10.2 Å². The van der Waals surface area contributed by atoms with Crippen LogP contribution in [0.2, 0.25) is 0 Å². The Morgan fingerprint density at radius 2 is 2.20 bits per heavy atom. The Kier molecular flexibility index (Phi) is 4.98. The van der Waals surface area contributed by atoms with Crippen LogP contribution < -0.4 is 10.0 Å². The summed E-state index contributed by atoms with van der Waals surface area (Å²) in [5.74, 6) is 0. The maximum atomic E-state index is 11.8. The molecule has 0 saturated carbocycles. The minimum absolute atomic E-state index is 0.289. The van der Waals surface area contributed by atoms with E-state index >= 15 is 0 Å². The number of hydrogen-bond donors (Lipinski definition) is 2. The zero-order valence-electron chi connectivity index (χ0n) is 9.49. The van der Waals surface area contributed by atoms with Gasteiger partial charge in [-0.05, 0) is 26.3 Å². The molecule has 1 heterocycles. The summed E-state index contributed by atoms with van der Waals surface area (Å²) in [5, 5.41) is 3.13. The molecule has 0 aromatic heterocycles. The average molecular weight is 235 g/mol. The van der Waals surface area contributed by atoms with E-state index in [-0.39, 0.29) is 6.04 Å². The second kappa shape index (κ2) is 5.79. The van der Waals surface area contributed by atoms with Gasteiger partial charge in [-0.3, -0.25) is 0 Å². The topological polar surface area (TPSA) is 61.4 Å². The Labute approximate surface area is 92.4 Å². The minimum atomic E-state index is -3.25. The van der Waals surface area contributed by atoms with Crippen LogP contribution in [-0.4, -0.2) is 45.4 Å². The minimum Gasteiger partial charge on any atom is -0.316 e. The molecule has 0 amide bonds. The second-order valence-corrected chi connectivity index (χ2v) is 5.64. The molecule has 0 radical (unpaired) electrons. The van der Waals surface area contributed by atoms with Crippen LogP contribution >= 0.6 is 0 Å². The van der Waals surface area contributed by atoms with Crippen molar-refractivity contribution in [1.82, 2.24) is 14.3 Å². The maximum absolute atomic E-state index is 11.8. The summed E-state index contributed by atoms with van der Waals surface area (Å²) >= 11 is 0. The van der Waals surface area contributed by atoms with Gasteiger partial charge in [-0.1, -0.05) is 6.92 Å². The second-order valence-electron chi connectivity index (χ2n) is 3.89. The highest BCUT2D eigenvalue weighted by Crippen LogP contribution is 2.12. The lowest BCUT2D eigenvalue weighted by Gasteiger charge is -2.31. The van der Waals surface area contributed by atoms with Crippen LogP contribution in [0.25, 0.3) is 0 Å². The first-order valence-electron chi connectivity index (χ1n) is 5.52. The zero-order valence-corrected chi connectivity index (χ0v) is 10.3. The predicted octanol–water partition coefficient (Wildman–Crippen LogP) is -0.0854. The van der Waals surface area contributed by atoms with E-state index in [1.165, 1.54) is 4.31 Å². The normalized spacial score (nSPS) is 24.3. The van der Waals surface area contributed by atoms with Crippen molar-refractivity contribution in [1.29, 1.82) is 0 Å². The summed E-state index contributed by atoms with van der Waals surface area (Å²) in [5.41, 5.74) is 0. The summed E-state index contributed by atoms with van der Waals surface area (Å²) in [6.07, 6.45) is 2.80. The van der Waals surface area contributed by atoms with Gasteiger partial charge in [-0.25, -0.2) is 4.72 Å². The summed E-state index contributed by atoms with van der Waals surface area (Å²) in [4.78, 5) is 0. The quantitative estimate of drug-likeness (QED) is 0.700. The molecule has 0 bridgehead atoms. The molecule has 0 spiro atoms. The molecule has 1 unspecified atom stereocenters. The van der Waals surface area contributed by atoms with Crippen molar-refractivity contribution in [3.05, 3.63) is 0 Å². The number of piperidine rings is 1. The Bertz CT molecular complexity index is 279. The van der Waals surface area contributed by atoms with Gasteiger partial charge in [0.1, 0.15) is 0 Å². The smallest absolute Gasteiger partial charge is 0.279 e. The highest BCUT2D eigenvalue weighted by atomic mass is 32.2. The van der Waals surface area contributed by atoms with Gasteiger partial charge in [-0.15, -0.1) is 0 Å². The van der Waals surface area contributed by atoms with Crippen molar-refractivity contribution >= 4 is 10.2 Å². The summed E-state index contributed by atoms with van der Waals surface area (Å²) in [6.45, 7) is 3.69. The predicted molar refractivity (Wildman–Crippen MR) is 60.9 cm³/mol. The fourth-order valence-corrected chi connectivity index (χ4v) is 3.11. The lowest BCUT2D eigenvalue weighted by Crippen LogP contribution is -2.50. The van der Waals surface area contributed by atoms with Crippen LogP contribution in [-0.2, 0) is 10.2 Å². The van der Waals surface area contributed by atoms with Gasteiger partial charge in [0.15, 0.2) is 0 Å². The van der Waals surface area contributed by atoms with E-state index in [0.717, 1.165) is 19.3 Å². The highest BCUT2D eigenvalue weighted by Gasteiger charge is 2.27. The fraction of sp³-hybridized carbons (Fsp3) is 1.00. The Morgan fingerprint density at radius 3 is 2.80 bits per heavy atom. The first-order valence-corrected chi connectivity index (χ1v) is 6.96. The molecule has 1 rings (SSSR count). The Morgan fingerprint density at radius 1 is 1.47 bits per heavy atom. The molecular weight excluding hydrogens is 214 g/mol. The van der Waals surface area contributed by atoms with Crippen LogP contribution in [0.3, 0.4) is 0 Å². The third-order valence-corrected chi connectivity index (χ3v) is 4.25.